The lowest BCUT2D eigenvalue weighted by Crippen LogP contribution is -2.60. The Bertz CT molecular complexity index is 2920. The van der Waals surface area contributed by atoms with E-state index in [1.165, 1.54) is 38.1 Å². The smallest absolute Gasteiger partial charge is 0.322 e. The first-order valence-electron chi connectivity index (χ1n) is 27.1. The van der Waals surface area contributed by atoms with E-state index in [0.717, 1.165) is 10.9 Å². The zero-order valence-electron chi connectivity index (χ0n) is 47.1. The van der Waals surface area contributed by atoms with Gasteiger partial charge in [-0.25, -0.2) is 0 Å². The maximum Gasteiger partial charge on any atom is 0.322 e. The number of aromatic nitrogens is 1. The second-order valence-electron chi connectivity index (χ2n) is 20.2. The van der Waals surface area contributed by atoms with Crippen molar-refractivity contribution in [3.05, 3.63) is 65.9 Å². The first-order chi connectivity index (χ1) is 40.6. The summed E-state index contributed by atoms with van der Waals surface area (Å²) in [4.78, 5) is 183. The number of carbonyl (C=O) groups excluding carboxylic acids is 9. The fourth-order valence-corrected chi connectivity index (χ4v) is 8.43. The van der Waals surface area contributed by atoms with Crippen LogP contribution in [-0.2, 0) is 80.0 Å². The zero-order valence-corrected chi connectivity index (χ0v) is 47.1. The van der Waals surface area contributed by atoms with Crippen molar-refractivity contribution in [1.29, 1.82) is 0 Å². The Labute approximate surface area is 491 Å². The highest BCUT2D eigenvalue weighted by molar-refractivity contribution is 5.99. The number of H-pyrrole nitrogens is 1. The van der Waals surface area contributed by atoms with Crippen molar-refractivity contribution in [2.24, 2.45) is 17.4 Å². The summed E-state index contributed by atoms with van der Waals surface area (Å²) < 4.78 is 0. The Morgan fingerprint density at radius 1 is 0.488 bits per heavy atom. The number of hydrogen-bond acceptors (Lipinski definition) is 17. The van der Waals surface area contributed by atoms with Crippen LogP contribution in [0.4, 0.5) is 0 Å². The number of nitrogens with two attached hydrogens (primary N) is 2. The van der Waals surface area contributed by atoms with Gasteiger partial charge < -0.3 is 94.9 Å². The third-order valence-corrected chi connectivity index (χ3v) is 13.0. The maximum absolute atomic E-state index is 14.2. The molecule has 0 aliphatic heterocycles. The minimum absolute atomic E-state index is 0.0160. The summed E-state index contributed by atoms with van der Waals surface area (Å²) in [5, 5.41) is 78.2. The highest BCUT2D eigenvalue weighted by Crippen LogP contribution is 2.19. The van der Waals surface area contributed by atoms with Gasteiger partial charge in [0, 0.05) is 42.8 Å². The number of carboxylic acid groups (broad SMARTS) is 5. The van der Waals surface area contributed by atoms with Gasteiger partial charge in [-0.05, 0) is 86.7 Å². The van der Waals surface area contributed by atoms with Crippen LogP contribution in [0.15, 0.2) is 54.7 Å². The minimum atomic E-state index is -2.02. The molecule has 32 nitrogen and oxygen atoms in total. The number of para-hydroxylation sites is 1. The molecule has 0 saturated heterocycles. The van der Waals surface area contributed by atoms with Gasteiger partial charge >= 0.3 is 29.8 Å². The summed E-state index contributed by atoms with van der Waals surface area (Å²) in [6.45, 7) is 1.24. The summed E-state index contributed by atoms with van der Waals surface area (Å²) in [5.41, 5.74) is 13.7. The van der Waals surface area contributed by atoms with Crippen LogP contribution >= 0.6 is 0 Å². The van der Waals surface area contributed by atoms with Crippen LogP contribution in [-0.4, -0.2) is 187 Å². The van der Waals surface area contributed by atoms with Gasteiger partial charge in [0.2, 0.25) is 53.2 Å². The van der Waals surface area contributed by atoms with Gasteiger partial charge in [-0.3, -0.25) is 67.1 Å². The number of amides is 9. The molecular weight excluding hydrogens is 1140 g/mol. The number of aliphatic carboxylic acids is 5. The number of nitrogens with one attached hydrogen (secondary N) is 10. The lowest BCUT2D eigenvalue weighted by atomic mass is 10.00. The van der Waals surface area contributed by atoms with E-state index in [2.05, 4.69) is 47.5 Å². The molecule has 86 heavy (non-hydrogen) atoms. The number of benzene rings is 2. The van der Waals surface area contributed by atoms with Crippen LogP contribution in [0.25, 0.3) is 10.9 Å². The summed E-state index contributed by atoms with van der Waals surface area (Å²) in [5.74, 6) is -18.0. The van der Waals surface area contributed by atoms with Crippen molar-refractivity contribution in [2.45, 2.75) is 139 Å². The molecule has 470 valence electrons. The van der Waals surface area contributed by atoms with Crippen LogP contribution in [0.2, 0.25) is 0 Å². The van der Waals surface area contributed by atoms with Gasteiger partial charge in [0.15, 0.2) is 0 Å². The number of hydrogen-bond donors (Lipinski definition) is 18. The zero-order chi connectivity index (χ0) is 64.2. The van der Waals surface area contributed by atoms with Crippen molar-refractivity contribution in [2.75, 3.05) is 19.6 Å². The Morgan fingerprint density at radius 2 is 0.965 bits per heavy atom. The summed E-state index contributed by atoms with van der Waals surface area (Å²) in [7, 11) is 0. The van der Waals surface area contributed by atoms with Gasteiger partial charge in [0.05, 0.1) is 19.0 Å². The van der Waals surface area contributed by atoms with Crippen molar-refractivity contribution in [3.8, 4) is 5.75 Å². The van der Waals surface area contributed by atoms with Gasteiger partial charge in [0.25, 0.3) is 0 Å². The van der Waals surface area contributed by atoms with Gasteiger partial charge in [-0.2, -0.15) is 0 Å². The fourth-order valence-electron chi connectivity index (χ4n) is 8.43. The molecule has 0 aliphatic rings. The van der Waals surface area contributed by atoms with E-state index in [0.29, 0.717) is 17.5 Å². The molecule has 0 radical (unpaired) electrons. The van der Waals surface area contributed by atoms with Crippen LogP contribution in [0, 0.1) is 5.92 Å². The topological polar surface area (TPSA) is 536 Å². The number of carboxylic acids is 5. The van der Waals surface area contributed by atoms with E-state index in [1.807, 2.05) is 17.4 Å². The van der Waals surface area contributed by atoms with Crippen molar-refractivity contribution < 1.29 is 97.8 Å². The molecule has 8 atom stereocenters. The van der Waals surface area contributed by atoms with E-state index < -0.39 is 195 Å². The first-order valence-corrected chi connectivity index (χ1v) is 27.1. The predicted octanol–water partition coefficient (Wildman–Crippen LogP) is -3.45. The minimum Gasteiger partial charge on any atom is -0.508 e. The van der Waals surface area contributed by atoms with Crippen molar-refractivity contribution >= 4 is 93.9 Å². The average Bonchev–Trinajstić information content (AvgIpc) is 3.87. The van der Waals surface area contributed by atoms with Crippen LogP contribution in [0.5, 0.6) is 5.75 Å². The molecule has 0 bridgehead atoms. The highest BCUT2D eigenvalue weighted by Gasteiger charge is 2.35. The van der Waals surface area contributed by atoms with E-state index in [-0.39, 0.29) is 38.0 Å². The lowest BCUT2D eigenvalue weighted by Gasteiger charge is -2.27. The molecule has 1 aromatic heterocycles. The maximum atomic E-state index is 14.2. The Hall–Kier alpha value is -9.72. The standard InChI is InChI=1S/C54H74N12O20/c1-27(2)46(66-53(85)38(21-28-10-12-30(67)13-11-28)65-51(83)36(15-18-42(71)72)61-47(79)32(56)22-29-24-57-33-8-4-3-7-31(29)33)54(86)58-25-40(68)60-39(23-44(75)76)52(84)64-37(16-19-43(73)74)50(82)62-34(9-5-6-20-55)49(81)63-35(14-17-41(69)70)48(80)59-26-45(77)78/h3-4,7-8,10-13,24,27,32,34-39,46,57,67H,5-6,9,14-23,25-26,55-56H2,1-2H3,(H,58,86)(H,59,80)(H,60,68)(H,61,79)(H,62,82)(H,63,81)(H,64,84)(H,65,83)(H,66,85)(H,69,70)(H,71,72)(H,73,74)(H,75,76)(H,77,78)/t32-,34-,35-,36-,37-,38-,39-,46-/m0/s1. The number of fused-ring (bicyclic) bond motifs is 1. The predicted molar refractivity (Wildman–Crippen MR) is 300 cm³/mol. The van der Waals surface area contributed by atoms with Crippen molar-refractivity contribution in [1.82, 2.24) is 52.8 Å². The average molecular weight is 1210 g/mol. The van der Waals surface area contributed by atoms with Gasteiger partial charge in [-0.15, -0.1) is 0 Å². The second kappa shape index (κ2) is 35.4. The molecule has 0 aliphatic carbocycles. The lowest BCUT2D eigenvalue weighted by molar-refractivity contribution is -0.141. The number of phenolic OH excluding ortho intramolecular Hbond substituents is 1. The van der Waals surface area contributed by atoms with Gasteiger partial charge in [0.1, 0.15) is 54.6 Å². The third kappa shape index (κ3) is 25.0. The van der Waals surface area contributed by atoms with Crippen LogP contribution in [0.1, 0.15) is 89.2 Å². The molecule has 0 spiro atoms. The van der Waals surface area contributed by atoms with E-state index in [4.69, 9.17) is 16.6 Å². The molecule has 1 heterocycles. The number of aromatic amines is 1. The molecule has 3 rings (SSSR count). The largest absolute Gasteiger partial charge is 0.508 e. The molecule has 32 heteroatoms. The molecular formula is C54H74N12O20. The molecule has 2 aromatic carbocycles. The van der Waals surface area contributed by atoms with Crippen molar-refractivity contribution in [3.63, 3.8) is 0 Å². The quantitative estimate of drug-likeness (QED) is 0.0247. The number of rotatable bonds is 39. The SMILES string of the molecule is CC(C)[C@H](NC(=O)[C@H](Cc1ccc(O)cc1)NC(=O)[C@H](CCC(=O)O)NC(=O)[C@@H](N)Cc1c[nH]c2ccccc12)C(=O)NCC(=O)N[C@@H](CC(=O)O)C(=O)N[C@@H](CCC(=O)O)C(=O)N[C@@H](CCCCN)C(=O)N[C@@H](CCC(=O)O)C(=O)NCC(=O)O. The molecule has 3 aromatic rings. The van der Waals surface area contributed by atoms with Crippen LogP contribution in [0.3, 0.4) is 0 Å². The monoisotopic (exact) mass is 1210 g/mol. The number of carbonyl (C=O) groups is 14. The summed E-state index contributed by atoms with van der Waals surface area (Å²) in [6, 6.07) is -0.234. The highest BCUT2D eigenvalue weighted by atomic mass is 16.4. The molecule has 20 N–H and O–H groups in total. The third-order valence-electron chi connectivity index (χ3n) is 13.0. The molecule has 0 saturated carbocycles. The van der Waals surface area contributed by atoms with Crippen LogP contribution < -0.4 is 59.3 Å². The fraction of sp³-hybridized carbons (Fsp3) is 0.481. The first kappa shape index (κ1) is 70.5. The Kier molecular flexibility index (Phi) is 29.1. The Balaban J connectivity index is 1.80. The molecule has 9 amide bonds. The number of unbranched alkanes of at least 4 members (excludes halogenated alkanes) is 1. The van der Waals surface area contributed by atoms with E-state index in [9.17, 15) is 92.7 Å². The second-order valence-corrected chi connectivity index (χ2v) is 20.2. The number of aromatic hydroxyl groups is 1. The Morgan fingerprint density at radius 3 is 1.48 bits per heavy atom. The van der Waals surface area contributed by atoms with E-state index in [1.54, 1.807) is 18.3 Å². The molecule has 0 unspecified atom stereocenters. The van der Waals surface area contributed by atoms with Gasteiger partial charge in [-0.1, -0.05) is 44.2 Å². The van der Waals surface area contributed by atoms with E-state index >= 15 is 0 Å². The summed E-state index contributed by atoms with van der Waals surface area (Å²) >= 11 is 0. The number of phenols is 1. The normalized spacial score (nSPS) is 13.8. The molecule has 0 fully saturated rings. The summed E-state index contributed by atoms with van der Waals surface area (Å²) in [6.07, 6.45) is -3.23.